The van der Waals surface area contributed by atoms with Gasteiger partial charge in [0, 0.05) is 5.56 Å². The van der Waals surface area contributed by atoms with E-state index in [2.05, 4.69) is 0 Å². The van der Waals surface area contributed by atoms with Crippen LogP contribution in [0.1, 0.15) is 41.8 Å². The molecule has 1 aromatic rings. The fourth-order valence-electron chi connectivity index (χ4n) is 1.98. The third-order valence-corrected chi connectivity index (χ3v) is 2.82. The second-order valence-corrected chi connectivity index (χ2v) is 3.99. The number of rotatable bonds is 5. The topological polar surface area (TPSA) is 106 Å². The standard InChI is InChI=1S/C12H16N2O4/c1-3-5-8-10(13)9(12(15)16)6-7(4-2)11(8)14(17)18/h6H,3-5,13H2,1-2H3,(H,15,16). The van der Waals surface area contributed by atoms with Crippen molar-refractivity contribution in [2.45, 2.75) is 33.1 Å². The Morgan fingerprint density at radius 2 is 2.11 bits per heavy atom. The SMILES string of the molecule is CCCc1c(N)c(C(=O)O)cc(CC)c1[N+](=O)[O-]. The van der Waals surface area contributed by atoms with Crippen LogP contribution in [0.2, 0.25) is 0 Å². The Balaban J connectivity index is 3.64. The van der Waals surface area contributed by atoms with Gasteiger partial charge >= 0.3 is 5.97 Å². The van der Waals surface area contributed by atoms with Crippen LogP contribution in [-0.4, -0.2) is 16.0 Å². The van der Waals surface area contributed by atoms with Gasteiger partial charge in [-0.05, 0) is 18.9 Å². The van der Waals surface area contributed by atoms with Crippen molar-refractivity contribution in [3.63, 3.8) is 0 Å². The van der Waals surface area contributed by atoms with Crippen LogP contribution >= 0.6 is 0 Å². The summed E-state index contributed by atoms with van der Waals surface area (Å²) in [7, 11) is 0. The number of carboxylic acids is 1. The molecular formula is C12H16N2O4. The molecule has 0 atom stereocenters. The minimum absolute atomic E-state index is 0.00764. The summed E-state index contributed by atoms with van der Waals surface area (Å²) in [5.74, 6) is -1.16. The third kappa shape index (κ3) is 2.42. The maximum absolute atomic E-state index is 11.1. The number of hydrogen-bond acceptors (Lipinski definition) is 4. The lowest BCUT2D eigenvalue weighted by molar-refractivity contribution is -0.386. The van der Waals surface area contributed by atoms with Gasteiger partial charge in [-0.2, -0.15) is 0 Å². The second-order valence-electron chi connectivity index (χ2n) is 3.99. The van der Waals surface area contributed by atoms with Gasteiger partial charge in [0.25, 0.3) is 5.69 Å². The molecular weight excluding hydrogens is 236 g/mol. The van der Waals surface area contributed by atoms with Crippen LogP contribution in [0.5, 0.6) is 0 Å². The zero-order valence-electron chi connectivity index (χ0n) is 10.4. The average molecular weight is 252 g/mol. The summed E-state index contributed by atoms with van der Waals surface area (Å²) >= 11 is 0. The van der Waals surface area contributed by atoms with Gasteiger partial charge in [-0.15, -0.1) is 0 Å². The molecule has 0 saturated heterocycles. The van der Waals surface area contributed by atoms with Gasteiger partial charge < -0.3 is 10.8 Å². The first-order chi connectivity index (χ1) is 8.43. The summed E-state index contributed by atoms with van der Waals surface area (Å²) in [6.45, 7) is 3.61. The smallest absolute Gasteiger partial charge is 0.337 e. The van der Waals surface area contributed by atoms with Gasteiger partial charge in [-0.1, -0.05) is 20.3 Å². The number of nitrogens with zero attached hydrogens (tertiary/aromatic N) is 1. The molecule has 0 radical (unpaired) electrons. The van der Waals surface area contributed by atoms with E-state index in [0.29, 0.717) is 30.4 Å². The quantitative estimate of drug-likeness (QED) is 0.475. The van der Waals surface area contributed by atoms with Gasteiger partial charge in [-0.25, -0.2) is 4.79 Å². The zero-order valence-corrected chi connectivity index (χ0v) is 10.4. The maximum atomic E-state index is 11.1. The Morgan fingerprint density at radius 3 is 2.50 bits per heavy atom. The van der Waals surface area contributed by atoms with Crippen LogP contribution in [0.3, 0.4) is 0 Å². The predicted molar refractivity (Wildman–Crippen MR) is 67.8 cm³/mol. The number of benzene rings is 1. The normalized spacial score (nSPS) is 10.3. The van der Waals surface area contributed by atoms with Gasteiger partial charge in [-0.3, -0.25) is 10.1 Å². The van der Waals surface area contributed by atoms with Crippen LogP contribution in [0.15, 0.2) is 6.07 Å². The molecule has 6 nitrogen and oxygen atoms in total. The summed E-state index contributed by atoms with van der Waals surface area (Å²) in [6, 6.07) is 1.30. The molecule has 0 bridgehead atoms. The zero-order chi connectivity index (χ0) is 13.9. The van der Waals surface area contributed by atoms with Crippen LogP contribution in [0.4, 0.5) is 11.4 Å². The van der Waals surface area contributed by atoms with Crippen LogP contribution in [0.25, 0.3) is 0 Å². The van der Waals surface area contributed by atoms with E-state index in [1.807, 2.05) is 6.92 Å². The van der Waals surface area contributed by atoms with Crippen molar-refractivity contribution in [2.24, 2.45) is 0 Å². The fraction of sp³-hybridized carbons (Fsp3) is 0.417. The molecule has 1 aromatic carbocycles. The molecule has 18 heavy (non-hydrogen) atoms. The first-order valence-corrected chi connectivity index (χ1v) is 5.75. The number of nitro benzene ring substituents is 1. The lowest BCUT2D eigenvalue weighted by atomic mass is 9.95. The molecule has 1 rings (SSSR count). The molecule has 98 valence electrons. The number of carbonyl (C=O) groups is 1. The summed E-state index contributed by atoms with van der Waals surface area (Å²) in [5.41, 5.74) is 6.40. The number of aryl methyl sites for hydroxylation is 1. The molecule has 0 unspecified atom stereocenters. The van der Waals surface area contributed by atoms with E-state index >= 15 is 0 Å². The van der Waals surface area contributed by atoms with Crippen LogP contribution in [-0.2, 0) is 12.8 Å². The second kappa shape index (κ2) is 5.48. The number of anilines is 1. The van der Waals surface area contributed by atoms with E-state index in [9.17, 15) is 14.9 Å². The summed E-state index contributed by atoms with van der Waals surface area (Å²) < 4.78 is 0. The number of nitro groups is 1. The van der Waals surface area contributed by atoms with Crippen molar-refractivity contribution in [1.82, 2.24) is 0 Å². The van der Waals surface area contributed by atoms with Crippen molar-refractivity contribution in [3.05, 3.63) is 32.9 Å². The summed E-state index contributed by atoms with van der Waals surface area (Å²) in [6.07, 6.45) is 1.46. The fourth-order valence-corrected chi connectivity index (χ4v) is 1.98. The molecule has 0 aliphatic heterocycles. The Hall–Kier alpha value is -2.11. The van der Waals surface area contributed by atoms with E-state index in [4.69, 9.17) is 10.8 Å². The molecule has 0 amide bonds. The van der Waals surface area contributed by atoms with Gasteiger partial charge in [0.2, 0.25) is 0 Å². The largest absolute Gasteiger partial charge is 0.478 e. The molecule has 0 aliphatic carbocycles. The average Bonchev–Trinajstić information content (AvgIpc) is 2.30. The van der Waals surface area contributed by atoms with Gasteiger partial charge in [0.1, 0.15) is 0 Å². The van der Waals surface area contributed by atoms with Crippen molar-refractivity contribution in [2.75, 3.05) is 5.73 Å². The van der Waals surface area contributed by atoms with Crippen molar-refractivity contribution in [3.8, 4) is 0 Å². The lowest BCUT2D eigenvalue weighted by Crippen LogP contribution is -2.11. The summed E-state index contributed by atoms with van der Waals surface area (Å²) in [4.78, 5) is 21.7. The van der Waals surface area contributed by atoms with E-state index in [1.165, 1.54) is 6.07 Å². The Labute approximate surface area is 105 Å². The molecule has 0 aliphatic rings. The first-order valence-electron chi connectivity index (χ1n) is 5.75. The van der Waals surface area contributed by atoms with Gasteiger partial charge in [0.05, 0.1) is 21.7 Å². The minimum Gasteiger partial charge on any atom is -0.478 e. The number of nitrogens with two attached hydrogens (primary N) is 1. The third-order valence-electron chi connectivity index (χ3n) is 2.82. The Morgan fingerprint density at radius 1 is 1.50 bits per heavy atom. The molecule has 0 saturated carbocycles. The van der Waals surface area contributed by atoms with Crippen molar-refractivity contribution < 1.29 is 14.8 Å². The van der Waals surface area contributed by atoms with Crippen LogP contribution in [0, 0.1) is 10.1 Å². The highest BCUT2D eigenvalue weighted by atomic mass is 16.6. The number of nitrogen functional groups attached to an aromatic ring is 1. The van der Waals surface area contributed by atoms with Crippen LogP contribution < -0.4 is 5.73 Å². The molecule has 0 fully saturated rings. The van der Waals surface area contributed by atoms with Crippen molar-refractivity contribution >= 4 is 17.3 Å². The van der Waals surface area contributed by atoms with E-state index in [0.717, 1.165) is 0 Å². The lowest BCUT2D eigenvalue weighted by Gasteiger charge is -2.12. The number of carboxylic acid groups (broad SMARTS) is 1. The first kappa shape index (κ1) is 14.0. The molecule has 0 aromatic heterocycles. The number of hydrogen-bond donors (Lipinski definition) is 2. The van der Waals surface area contributed by atoms with E-state index in [1.54, 1.807) is 6.92 Å². The highest BCUT2D eigenvalue weighted by Gasteiger charge is 2.25. The van der Waals surface area contributed by atoms with Gasteiger partial charge in [0.15, 0.2) is 0 Å². The monoisotopic (exact) mass is 252 g/mol. The maximum Gasteiger partial charge on any atom is 0.337 e. The Bertz CT molecular complexity index is 497. The molecule has 0 heterocycles. The minimum atomic E-state index is -1.16. The highest BCUT2D eigenvalue weighted by Crippen LogP contribution is 2.33. The molecule has 0 spiro atoms. The van der Waals surface area contributed by atoms with E-state index in [-0.39, 0.29) is 16.9 Å². The summed E-state index contributed by atoms with van der Waals surface area (Å²) in [5, 5.41) is 20.2. The Kier molecular flexibility index (Phi) is 4.25. The van der Waals surface area contributed by atoms with E-state index < -0.39 is 10.9 Å². The molecule has 6 heteroatoms. The predicted octanol–water partition coefficient (Wildman–Crippen LogP) is 2.39. The highest BCUT2D eigenvalue weighted by molar-refractivity contribution is 5.96. The van der Waals surface area contributed by atoms with Crippen molar-refractivity contribution in [1.29, 1.82) is 0 Å². The molecule has 3 N–H and O–H groups in total. The number of aromatic carboxylic acids is 1.